The maximum atomic E-state index is 14.9. The molecule has 2 aromatic rings. The number of carbonyl (C=O) groups is 4. The van der Waals surface area contributed by atoms with E-state index < -0.39 is 77.5 Å². The number of rotatable bonds is 13. The van der Waals surface area contributed by atoms with Crippen molar-refractivity contribution in [3.05, 3.63) is 63.6 Å². The van der Waals surface area contributed by atoms with E-state index in [9.17, 15) is 36.7 Å². The molecule has 0 saturated heterocycles. The molecule has 0 aliphatic heterocycles. The number of ketones is 1. The predicted molar refractivity (Wildman–Crippen MR) is 153 cm³/mol. The van der Waals surface area contributed by atoms with E-state index in [0.29, 0.717) is 0 Å². The van der Waals surface area contributed by atoms with Crippen LogP contribution in [-0.2, 0) is 25.6 Å². The zero-order valence-corrected chi connectivity index (χ0v) is 25.6. The number of halogens is 6. The lowest BCUT2D eigenvalue weighted by atomic mass is 9.93. The summed E-state index contributed by atoms with van der Waals surface area (Å²) in [7, 11) is 0. The number of hydrogen-bond donors (Lipinski definition) is 3. The Bertz CT molecular complexity index is 1330. The van der Waals surface area contributed by atoms with Crippen molar-refractivity contribution in [3.63, 3.8) is 0 Å². The molecule has 0 aromatic heterocycles. The van der Waals surface area contributed by atoms with Crippen LogP contribution >= 0.6 is 23.2 Å². The minimum Gasteiger partial charge on any atom is -0.484 e. The number of Topliss-reactive ketones (excluding diaryl/α,β-unsaturated/α-hetero) is 1. The number of hydrogen-bond acceptors (Lipinski definition) is 5. The van der Waals surface area contributed by atoms with Crippen LogP contribution < -0.4 is 20.7 Å². The Morgan fingerprint density at radius 2 is 1.51 bits per heavy atom. The minimum atomic E-state index is -4.49. The second kappa shape index (κ2) is 14.9. The maximum absolute atomic E-state index is 14.9. The zero-order chi connectivity index (χ0) is 32.7. The first-order valence-corrected chi connectivity index (χ1v) is 13.9. The van der Waals surface area contributed by atoms with Gasteiger partial charge in [0.2, 0.25) is 11.7 Å². The van der Waals surface area contributed by atoms with Gasteiger partial charge >= 0.3 is 5.92 Å². The fourth-order valence-corrected chi connectivity index (χ4v) is 4.17. The SMILES string of the molecule is CC(C)[C@H](NC(=O)C(Cc1ccc(F)c(F)c1)NC(=O)COc1cc(Cl)cc(Cl)c1)C(=O)C(F)(F)C(=O)NCC(C)(C)C. The topological polar surface area (TPSA) is 114 Å². The van der Waals surface area contributed by atoms with Crippen molar-refractivity contribution in [1.82, 2.24) is 16.0 Å². The normalized spacial score (nSPS) is 13.2. The minimum absolute atomic E-state index is 0.0706. The van der Waals surface area contributed by atoms with Gasteiger partial charge in [-0.3, -0.25) is 19.2 Å². The summed E-state index contributed by atoms with van der Waals surface area (Å²) in [5, 5.41) is 7.03. The van der Waals surface area contributed by atoms with E-state index in [4.69, 9.17) is 27.9 Å². The van der Waals surface area contributed by atoms with Crippen LogP contribution in [0.25, 0.3) is 0 Å². The van der Waals surface area contributed by atoms with Crippen LogP contribution in [0.5, 0.6) is 5.75 Å². The molecule has 0 fully saturated rings. The van der Waals surface area contributed by atoms with Gasteiger partial charge in [0.1, 0.15) is 11.8 Å². The molecule has 0 saturated carbocycles. The van der Waals surface area contributed by atoms with Gasteiger partial charge in [-0.1, -0.05) is 63.9 Å². The summed E-state index contributed by atoms with van der Waals surface area (Å²) >= 11 is 11.8. The molecule has 0 spiro atoms. The van der Waals surface area contributed by atoms with Crippen LogP contribution in [0.4, 0.5) is 17.6 Å². The van der Waals surface area contributed by atoms with Gasteiger partial charge in [0.05, 0.1) is 6.04 Å². The van der Waals surface area contributed by atoms with Gasteiger partial charge in [0.25, 0.3) is 11.8 Å². The molecule has 14 heteroatoms. The molecule has 0 aliphatic carbocycles. The van der Waals surface area contributed by atoms with Crippen LogP contribution in [0.3, 0.4) is 0 Å². The lowest BCUT2D eigenvalue weighted by molar-refractivity contribution is -0.161. The lowest BCUT2D eigenvalue weighted by Crippen LogP contribution is -2.59. The molecular formula is C29H33Cl2F4N3O5. The van der Waals surface area contributed by atoms with E-state index in [1.54, 1.807) is 20.8 Å². The van der Waals surface area contributed by atoms with Crippen molar-refractivity contribution in [2.45, 2.75) is 59.0 Å². The molecule has 0 heterocycles. The quantitative estimate of drug-likeness (QED) is 0.211. The van der Waals surface area contributed by atoms with Crippen LogP contribution in [0.2, 0.25) is 10.0 Å². The molecule has 8 nitrogen and oxygen atoms in total. The summed E-state index contributed by atoms with van der Waals surface area (Å²) in [4.78, 5) is 51.1. The smallest absolute Gasteiger partial charge is 0.383 e. The summed E-state index contributed by atoms with van der Waals surface area (Å²) in [5.74, 6) is -13.3. The summed E-state index contributed by atoms with van der Waals surface area (Å²) in [6.45, 7) is 7.05. The Kier molecular flexibility index (Phi) is 12.4. The fraction of sp³-hybridized carbons (Fsp3) is 0.448. The second-order valence-electron chi connectivity index (χ2n) is 11.4. The number of benzene rings is 2. The van der Waals surface area contributed by atoms with Gasteiger partial charge in [0, 0.05) is 23.0 Å². The first-order chi connectivity index (χ1) is 19.8. The van der Waals surface area contributed by atoms with Crippen LogP contribution in [0.15, 0.2) is 36.4 Å². The molecule has 2 aromatic carbocycles. The third kappa shape index (κ3) is 11.0. The van der Waals surface area contributed by atoms with Gasteiger partial charge in [0.15, 0.2) is 18.2 Å². The molecule has 1 unspecified atom stereocenters. The molecule has 3 amide bonds. The summed E-state index contributed by atoms with van der Waals surface area (Å²) in [5.41, 5.74) is -0.477. The Labute approximate surface area is 256 Å². The van der Waals surface area contributed by atoms with Crippen molar-refractivity contribution in [2.75, 3.05) is 13.2 Å². The van der Waals surface area contributed by atoms with Crippen molar-refractivity contribution in [3.8, 4) is 5.75 Å². The standard InChI is InChI=1S/C29H33Cl2F4N3O5/c1-15(2)24(25(40)29(34,35)27(42)36-14-28(3,4)5)38-26(41)22(9-16-6-7-20(32)21(33)8-16)37-23(39)13-43-19-11-17(30)10-18(31)12-19/h6-8,10-12,15,22,24H,9,13-14H2,1-5H3,(H,36,42)(H,37,39)(H,38,41)/t22?,24-/m0/s1. The highest BCUT2D eigenvalue weighted by Crippen LogP contribution is 2.24. The van der Waals surface area contributed by atoms with Gasteiger partial charge < -0.3 is 20.7 Å². The number of alkyl halides is 2. The highest BCUT2D eigenvalue weighted by molar-refractivity contribution is 6.34. The molecule has 2 rings (SSSR count). The second-order valence-corrected chi connectivity index (χ2v) is 12.3. The Balaban J connectivity index is 2.27. The average Bonchev–Trinajstić information content (AvgIpc) is 2.89. The first-order valence-electron chi connectivity index (χ1n) is 13.1. The van der Waals surface area contributed by atoms with E-state index in [2.05, 4.69) is 10.6 Å². The number of nitrogens with one attached hydrogen (secondary N) is 3. The molecule has 0 bridgehead atoms. The van der Waals surface area contributed by atoms with Gasteiger partial charge in [-0.15, -0.1) is 0 Å². The first kappa shape index (κ1) is 35.8. The van der Waals surface area contributed by atoms with Crippen molar-refractivity contribution >= 4 is 46.7 Å². The fourth-order valence-electron chi connectivity index (χ4n) is 3.66. The molecule has 0 radical (unpaired) electrons. The predicted octanol–water partition coefficient (Wildman–Crippen LogP) is 4.89. The molecule has 2 atom stereocenters. The van der Waals surface area contributed by atoms with E-state index in [-0.39, 0.29) is 27.9 Å². The largest absolute Gasteiger partial charge is 0.484 e. The summed E-state index contributed by atoms with van der Waals surface area (Å²) in [6, 6.07) is 3.55. The Morgan fingerprint density at radius 3 is 2.05 bits per heavy atom. The summed E-state index contributed by atoms with van der Waals surface area (Å²) in [6.07, 6.45) is -0.417. The van der Waals surface area contributed by atoms with Crippen molar-refractivity contribution in [2.24, 2.45) is 11.3 Å². The zero-order valence-electron chi connectivity index (χ0n) is 24.1. The maximum Gasteiger partial charge on any atom is 0.383 e. The average molecular weight is 650 g/mol. The van der Waals surface area contributed by atoms with E-state index in [0.717, 1.165) is 18.2 Å². The van der Waals surface area contributed by atoms with Crippen LogP contribution in [0.1, 0.15) is 40.2 Å². The van der Waals surface area contributed by atoms with E-state index in [1.807, 2.05) is 5.32 Å². The highest BCUT2D eigenvalue weighted by Gasteiger charge is 2.51. The van der Waals surface area contributed by atoms with Gasteiger partial charge in [-0.05, 0) is 47.2 Å². The monoisotopic (exact) mass is 649 g/mol. The molecule has 236 valence electrons. The third-order valence-electron chi connectivity index (χ3n) is 5.90. The Hall–Kier alpha value is -3.38. The lowest BCUT2D eigenvalue weighted by Gasteiger charge is -2.28. The van der Waals surface area contributed by atoms with E-state index in [1.165, 1.54) is 32.0 Å². The number of ether oxygens (including phenoxy) is 1. The van der Waals surface area contributed by atoms with Crippen molar-refractivity contribution < 1.29 is 41.5 Å². The Morgan fingerprint density at radius 1 is 0.907 bits per heavy atom. The van der Waals surface area contributed by atoms with Gasteiger partial charge in [-0.25, -0.2) is 8.78 Å². The molecule has 0 aliphatic rings. The molecule has 3 N–H and O–H groups in total. The molecule has 43 heavy (non-hydrogen) atoms. The van der Waals surface area contributed by atoms with E-state index >= 15 is 0 Å². The van der Waals surface area contributed by atoms with Gasteiger partial charge in [-0.2, -0.15) is 8.78 Å². The van der Waals surface area contributed by atoms with Crippen LogP contribution in [-0.4, -0.2) is 54.7 Å². The number of carbonyl (C=O) groups excluding carboxylic acids is 4. The number of amides is 3. The third-order valence-corrected chi connectivity index (χ3v) is 6.34. The molecular weight excluding hydrogens is 617 g/mol. The van der Waals surface area contributed by atoms with Crippen LogP contribution in [0, 0.1) is 23.0 Å². The highest BCUT2D eigenvalue weighted by atomic mass is 35.5. The summed E-state index contributed by atoms with van der Waals surface area (Å²) < 4.78 is 62.5. The van der Waals surface area contributed by atoms with Crippen molar-refractivity contribution in [1.29, 1.82) is 0 Å².